The number of thiophene rings is 1. The Morgan fingerprint density at radius 2 is 2.23 bits per heavy atom. The zero-order valence-corrected chi connectivity index (χ0v) is 15.0. The summed E-state index contributed by atoms with van der Waals surface area (Å²) in [6.07, 6.45) is 4.11. The van der Waals surface area contributed by atoms with Crippen LogP contribution in [0.25, 0.3) is 0 Å². The molecule has 2 rings (SSSR count). The second-order valence-corrected chi connectivity index (χ2v) is 8.64. The van der Waals surface area contributed by atoms with E-state index in [0.717, 1.165) is 25.7 Å². The minimum Gasteiger partial charge on any atom is -0.338 e. The fourth-order valence-corrected chi connectivity index (χ4v) is 5.14. The van der Waals surface area contributed by atoms with E-state index in [9.17, 15) is 9.00 Å². The van der Waals surface area contributed by atoms with Gasteiger partial charge in [-0.25, -0.2) is 4.79 Å². The van der Waals surface area contributed by atoms with Crippen molar-refractivity contribution in [3.63, 3.8) is 0 Å². The first-order chi connectivity index (χ1) is 10.6. The molecule has 0 saturated heterocycles. The highest BCUT2D eigenvalue weighted by atomic mass is 32.2. The summed E-state index contributed by atoms with van der Waals surface area (Å²) in [5.74, 6) is 0.976. The van der Waals surface area contributed by atoms with Crippen molar-refractivity contribution in [3.8, 4) is 0 Å². The van der Waals surface area contributed by atoms with Crippen molar-refractivity contribution in [1.82, 2.24) is 10.6 Å². The van der Waals surface area contributed by atoms with Gasteiger partial charge in [0, 0.05) is 29.1 Å². The standard InChI is InChI=1S/C16H26N2O2S2/c1-3-22(20)15-7-5-4-6-14(15)18-16(19)17-10-12(2)13-8-9-21-11-13/h8-9,11-12,14-15H,3-7,10H2,1-2H3,(H2,17,18,19). The van der Waals surface area contributed by atoms with E-state index in [1.54, 1.807) is 11.3 Å². The van der Waals surface area contributed by atoms with Gasteiger partial charge in [0.1, 0.15) is 0 Å². The van der Waals surface area contributed by atoms with Gasteiger partial charge in [0.2, 0.25) is 0 Å². The van der Waals surface area contributed by atoms with Crippen LogP contribution in [0.4, 0.5) is 4.79 Å². The molecule has 2 N–H and O–H groups in total. The molecular weight excluding hydrogens is 316 g/mol. The maximum absolute atomic E-state index is 12.1. The minimum absolute atomic E-state index is 0.0472. The second-order valence-electron chi connectivity index (χ2n) is 5.91. The van der Waals surface area contributed by atoms with Crippen LogP contribution in [0.15, 0.2) is 16.8 Å². The van der Waals surface area contributed by atoms with Crippen molar-refractivity contribution in [1.29, 1.82) is 0 Å². The summed E-state index contributed by atoms with van der Waals surface area (Å²) in [6, 6.07) is 2.01. The monoisotopic (exact) mass is 342 g/mol. The molecule has 22 heavy (non-hydrogen) atoms. The molecule has 1 aromatic rings. The first-order valence-electron chi connectivity index (χ1n) is 8.05. The van der Waals surface area contributed by atoms with Gasteiger partial charge < -0.3 is 10.6 Å². The van der Waals surface area contributed by atoms with Gasteiger partial charge in [-0.1, -0.05) is 26.7 Å². The fraction of sp³-hybridized carbons (Fsp3) is 0.688. The molecule has 1 saturated carbocycles. The molecule has 1 aliphatic rings. The lowest BCUT2D eigenvalue weighted by Gasteiger charge is -2.31. The van der Waals surface area contributed by atoms with E-state index in [1.165, 1.54) is 5.56 Å². The van der Waals surface area contributed by atoms with E-state index in [-0.39, 0.29) is 17.3 Å². The molecule has 0 spiro atoms. The molecule has 1 aromatic heterocycles. The van der Waals surface area contributed by atoms with Gasteiger partial charge in [-0.3, -0.25) is 4.21 Å². The number of rotatable bonds is 6. The average molecular weight is 343 g/mol. The SMILES string of the molecule is CCS(=O)C1CCCCC1NC(=O)NCC(C)c1ccsc1. The van der Waals surface area contributed by atoms with Gasteiger partial charge in [-0.15, -0.1) is 0 Å². The number of urea groups is 1. The highest BCUT2D eigenvalue weighted by molar-refractivity contribution is 7.85. The lowest BCUT2D eigenvalue weighted by molar-refractivity contribution is 0.232. The van der Waals surface area contributed by atoms with Crippen LogP contribution in [0.5, 0.6) is 0 Å². The number of carbonyl (C=O) groups excluding carboxylic acids is 1. The Kier molecular flexibility index (Phi) is 6.89. The number of hydrogen-bond donors (Lipinski definition) is 2. The zero-order chi connectivity index (χ0) is 15.9. The molecule has 1 heterocycles. The van der Waals surface area contributed by atoms with E-state index in [4.69, 9.17) is 0 Å². The van der Waals surface area contributed by atoms with Crippen LogP contribution < -0.4 is 10.6 Å². The third kappa shape index (κ3) is 4.81. The van der Waals surface area contributed by atoms with Gasteiger partial charge >= 0.3 is 6.03 Å². The van der Waals surface area contributed by atoms with E-state index in [2.05, 4.69) is 34.4 Å². The number of nitrogens with one attached hydrogen (secondary N) is 2. The van der Waals surface area contributed by atoms with Crippen molar-refractivity contribution in [2.45, 2.75) is 56.7 Å². The molecule has 0 aliphatic heterocycles. The van der Waals surface area contributed by atoms with Crippen molar-refractivity contribution in [2.24, 2.45) is 0 Å². The number of amides is 2. The van der Waals surface area contributed by atoms with Crippen molar-refractivity contribution in [3.05, 3.63) is 22.4 Å². The third-order valence-electron chi connectivity index (χ3n) is 4.32. The molecule has 1 fully saturated rings. The Hall–Kier alpha value is -0.880. The van der Waals surface area contributed by atoms with E-state index < -0.39 is 10.8 Å². The first-order valence-corrected chi connectivity index (χ1v) is 10.4. The lowest BCUT2D eigenvalue weighted by atomic mass is 9.95. The van der Waals surface area contributed by atoms with Crippen LogP contribution in [0.1, 0.15) is 51.0 Å². The predicted octanol–water partition coefficient (Wildman–Crippen LogP) is 3.23. The van der Waals surface area contributed by atoms with Crippen molar-refractivity contribution < 1.29 is 9.00 Å². The quantitative estimate of drug-likeness (QED) is 0.834. The van der Waals surface area contributed by atoms with Gasteiger partial charge in [0.25, 0.3) is 0 Å². The molecule has 4 atom stereocenters. The van der Waals surface area contributed by atoms with E-state index in [1.807, 2.05) is 6.92 Å². The van der Waals surface area contributed by atoms with Gasteiger partial charge in [0.15, 0.2) is 0 Å². The third-order valence-corrected chi connectivity index (χ3v) is 6.83. The summed E-state index contributed by atoms with van der Waals surface area (Å²) >= 11 is 1.67. The molecule has 6 heteroatoms. The highest BCUT2D eigenvalue weighted by Gasteiger charge is 2.30. The molecule has 0 radical (unpaired) electrons. The molecule has 1 aliphatic carbocycles. The fourth-order valence-electron chi connectivity index (χ4n) is 2.93. The minimum atomic E-state index is -0.838. The smallest absolute Gasteiger partial charge is 0.315 e. The molecule has 0 aromatic carbocycles. The number of carbonyl (C=O) groups is 1. The summed E-state index contributed by atoms with van der Waals surface area (Å²) in [6.45, 7) is 4.68. The summed E-state index contributed by atoms with van der Waals surface area (Å²) in [7, 11) is -0.838. The molecule has 2 amide bonds. The summed E-state index contributed by atoms with van der Waals surface area (Å²) in [5.41, 5.74) is 1.26. The maximum atomic E-state index is 12.1. The van der Waals surface area contributed by atoms with Crippen molar-refractivity contribution >= 4 is 28.2 Å². The van der Waals surface area contributed by atoms with Crippen LogP contribution in [0.3, 0.4) is 0 Å². The first kappa shape index (κ1) is 17.5. The molecule has 0 bridgehead atoms. The topological polar surface area (TPSA) is 58.2 Å². The zero-order valence-electron chi connectivity index (χ0n) is 13.3. The van der Waals surface area contributed by atoms with Crippen LogP contribution >= 0.6 is 11.3 Å². The van der Waals surface area contributed by atoms with Crippen LogP contribution in [-0.4, -0.2) is 33.8 Å². The summed E-state index contributed by atoms with van der Waals surface area (Å²) in [4.78, 5) is 12.1. The van der Waals surface area contributed by atoms with E-state index >= 15 is 0 Å². The Bertz CT molecular complexity index is 490. The average Bonchev–Trinajstić information content (AvgIpc) is 3.07. The van der Waals surface area contributed by atoms with Gasteiger partial charge in [-0.2, -0.15) is 11.3 Å². The molecule has 124 valence electrons. The normalized spacial score (nSPS) is 24.5. The lowest BCUT2D eigenvalue weighted by Crippen LogP contribution is -2.51. The predicted molar refractivity (Wildman–Crippen MR) is 94.0 cm³/mol. The number of hydrogen-bond acceptors (Lipinski definition) is 3. The van der Waals surface area contributed by atoms with Crippen LogP contribution in [0.2, 0.25) is 0 Å². The molecule has 4 nitrogen and oxygen atoms in total. The maximum Gasteiger partial charge on any atom is 0.315 e. The second kappa shape index (κ2) is 8.67. The molecule has 4 unspecified atom stereocenters. The Morgan fingerprint density at radius 1 is 1.45 bits per heavy atom. The summed E-state index contributed by atoms with van der Waals surface area (Å²) in [5, 5.41) is 10.3. The van der Waals surface area contributed by atoms with Gasteiger partial charge in [0.05, 0.1) is 5.25 Å². The van der Waals surface area contributed by atoms with E-state index in [0.29, 0.717) is 18.2 Å². The van der Waals surface area contributed by atoms with Crippen molar-refractivity contribution in [2.75, 3.05) is 12.3 Å². The Labute approximate surface area is 139 Å². The summed E-state index contributed by atoms with van der Waals surface area (Å²) < 4.78 is 12.1. The highest BCUT2D eigenvalue weighted by Crippen LogP contribution is 2.23. The largest absolute Gasteiger partial charge is 0.338 e. The van der Waals surface area contributed by atoms with Crippen LogP contribution in [0, 0.1) is 0 Å². The van der Waals surface area contributed by atoms with Crippen LogP contribution in [-0.2, 0) is 10.8 Å². The Balaban J connectivity index is 1.81. The Morgan fingerprint density at radius 3 is 2.91 bits per heavy atom. The molecular formula is C16H26N2O2S2. The van der Waals surface area contributed by atoms with Gasteiger partial charge in [-0.05, 0) is 41.1 Å².